The molecule has 1 aromatic carbocycles. The second-order valence-electron chi connectivity index (χ2n) is 9.55. The predicted molar refractivity (Wildman–Crippen MR) is 112 cm³/mol. The lowest BCUT2D eigenvalue weighted by atomic mass is 9.52. The quantitative estimate of drug-likeness (QED) is 0.775. The fraction of sp³-hybridized carbons (Fsp3) is 0.727. The van der Waals surface area contributed by atoms with Gasteiger partial charge in [0.2, 0.25) is 0 Å². The van der Waals surface area contributed by atoms with Crippen LogP contribution in [-0.2, 0) is 21.7 Å². The molecule has 2 aliphatic carbocycles. The van der Waals surface area contributed by atoms with Gasteiger partial charge < -0.3 is 14.5 Å². The van der Waals surface area contributed by atoms with E-state index in [0.717, 1.165) is 23.8 Å². The molecule has 3 unspecified atom stereocenters. The van der Waals surface area contributed by atoms with E-state index in [2.05, 4.69) is 29.0 Å². The molecule has 4 aliphatic rings. The number of sulfone groups is 1. The smallest absolute Gasteiger partial charge is 0.153 e. The molecule has 2 bridgehead atoms. The summed E-state index contributed by atoms with van der Waals surface area (Å²) in [6.07, 6.45) is 9.05. The van der Waals surface area contributed by atoms with Crippen LogP contribution in [-0.4, -0.2) is 64.7 Å². The van der Waals surface area contributed by atoms with Crippen LogP contribution in [0.2, 0.25) is 0 Å². The van der Waals surface area contributed by atoms with Crippen molar-refractivity contribution in [2.75, 3.05) is 44.9 Å². The Balaban J connectivity index is 1.55. The van der Waals surface area contributed by atoms with E-state index >= 15 is 0 Å². The standard InChI is InChI=1S/C22H32N2O3S/c1-23-9-8-22-7-5-4-6-17(22)19(23)10-15-11-20(21(27-2)12-18(15)22)24-13-16(14-24)28(3,25)26/h11-12,16-17,19H,4-10,13-14H2,1-3H3. The van der Waals surface area contributed by atoms with E-state index in [9.17, 15) is 8.42 Å². The summed E-state index contributed by atoms with van der Waals surface area (Å²) in [5.41, 5.74) is 4.39. The summed E-state index contributed by atoms with van der Waals surface area (Å²) in [7, 11) is 1.07. The van der Waals surface area contributed by atoms with Crippen molar-refractivity contribution < 1.29 is 13.2 Å². The second-order valence-corrected chi connectivity index (χ2v) is 11.9. The monoisotopic (exact) mass is 404 g/mol. The third kappa shape index (κ3) is 2.63. The Labute approximate surface area is 169 Å². The number of benzene rings is 1. The van der Waals surface area contributed by atoms with Crippen LogP contribution in [0.3, 0.4) is 0 Å². The first kappa shape index (κ1) is 18.7. The van der Waals surface area contributed by atoms with Crippen molar-refractivity contribution in [3.63, 3.8) is 0 Å². The number of hydrogen-bond acceptors (Lipinski definition) is 5. The molecule has 0 amide bonds. The first-order valence-electron chi connectivity index (χ1n) is 10.7. The van der Waals surface area contributed by atoms with Gasteiger partial charge in [-0.1, -0.05) is 12.8 Å². The van der Waals surface area contributed by atoms with Crippen molar-refractivity contribution in [2.45, 2.75) is 55.2 Å². The lowest BCUT2D eigenvalue weighted by Gasteiger charge is -2.58. The Hall–Kier alpha value is -1.27. The highest BCUT2D eigenvalue weighted by molar-refractivity contribution is 7.91. The van der Waals surface area contributed by atoms with E-state index in [1.54, 1.807) is 7.11 Å². The lowest BCUT2D eigenvalue weighted by Crippen LogP contribution is -2.60. The van der Waals surface area contributed by atoms with Crippen molar-refractivity contribution in [2.24, 2.45) is 5.92 Å². The molecule has 2 aliphatic heterocycles. The zero-order chi connectivity index (χ0) is 19.7. The van der Waals surface area contributed by atoms with Gasteiger partial charge in [0.25, 0.3) is 0 Å². The van der Waals surface area contributed by atoms with Crippen LogP contribution in [0.1, 0.15) is 43.2 Å². The van der Waals surface area contributed by atoms with Gasteiger partial charge in [-0.3, -0.25) is 0 Å². The molecular weight excluding hydrogens is 372 g/mol. The Morgan fingerprint density at radius 2 is 1.96 bits per heavy atom. The SMILES string of the molecule is COc1cc2c(cc1N1CC(S(C)(=O)=O)C1)CC1C3CCCCC23CCN1C. The van der Waals surface area contributed by atoms with E-state index in [1.807, 2.05) is 0 Å². The van der Waals surface area contributed by atoms with Gasteiger partial charge in [-0.15, -0.1) is 0 Å². The van der Waals surface area contributed by atoms with Gasteiger partial charge in [0.1, 0.15) is 5.75 Å². The molecule has 154 valence electrons. The number of anilines is 1. The minimum Gasteiger partial charge on any atom is -0.495 e. The van der Waals surface area contributed by atoms with Crippen LogP contribution in [0.25, 0.3) is 0 Å². The molecule has 6 heteroatoms. The molecule has 0 aromatic heterocycles. The number of piperidine rings is 1. The Morgan fingerprint density at radius 3 is 2.68 bits per heavy atom. The number of rotatable bonds is 3. The van der Waals surface area contributed by atoms with Crippen molar-refractivity contribution in [3.8, 4) is 5.75 Å². The van der Waals surface area contributed by atoms with Crippen LogP contribution < -0.4 is 9.64 Å². The van der Waals surface area contributed by atoms with Crippen LogP contribution in [0.15, 0.2) is 12.1 Å². The molecule has 0 N–H and O–H groups in total. The molecule has 0 spiro atoms. The van der Waals surface area contributed by atoms with E-state index < -0.39 is 9.84 Å². The van der Waals surface area contributed by atoms with Crippen LogP contribution >= 0.6 is 0 Å². The Bertz CT molecular complexity index is 893. The molecule has 3 atom stereocenters. The van der Waals surface area contributed by atoms with E-state index in [4.69, 9.17) is 4.74 Å². The van der Waals surface area contributed by atoms with Crippen molar-refractivity contribution in [1.82, 2.24) is 4.90 Å². The summed E-state index contributed by atoms with van der Waals surface area (Å²) in [6.45, 7) is 2.34. The fourth-order valence-corrected chi connectivity index (χ4v) is 7.44. The van der Waals surface area contributed by atoms with Crippen molar-refractivity contribution in [3.05, 3.63) is 23.3 Å². The largest absolute Gasteiger partial charge is 0.495 e. The summed E-state index contributed by atoms with van der Waals surface area (Å²) in [4.78, 5) is 4.76. The third-order valence-electron chi connectivity index (χ3n) is 8.20. The van der Waals surface area contributed by atoms with Gasteiger partial charge in [0.05, 0.1) is 18.0 Å². The lowest BCUT2D eigenvalue weighted by molar-refractivity contribution is 0.00275. The summed E-state index contributed by atoms with van der Waals surface area (Å²) < 4.78 is 29.5. The molecule has 0 radical (unpaired) electrons. The first-order chi connectivity index (χ1) is 13.3. The number of ether oxygens (including phenoxy) is 1. The van der Waals surface area contributed by atoms with Crippen LogP contribution in [0.5, 0.6) is 5.75 Å². The normalized spacial score (nSPS) is 33.0. The number of methoxy groups -OCH3 is 1. The highest BCUT2D eigenvalue weighted by Gasteiger charge is 2.53. The molecule has 28 heavy (non-hydrogen) atoms. The average molecular weight is 405 g/mol. The summed E-state index contributed by atoms with van der Waals surface area (Å²) >= 11 is 0. The molecule has 2 saturated heterocycles. The number of hydrogen-bond donors (Lipinski definition) is 0. The maximum Gasteiger partial charge on any atom is 0.153 e. The van der Waals surface area contributed by atoms with Gasteiger partial charge in [0, 0.05) is 30.8 Å². The zero-order valence-electron chi connectivity index (χ0n) is 17.3. The van der Waals surface area contributed by atoms with E-state index in [1.165, 1.54) is 56.0 Å². The highest BCUT2D eigenvalue weighted by atomic mass is 32.2. The maximum absolute atomic E-state index is 11.8. The van der Waals surface area contributed by atoms with Gasteiger partial charge in [0.15, 0.2) is 9.84 Å². The van der Waals surface area contributed by atoms with Crippen molar-refractivity contribution in [1.29, 1.82) is 0 Å². The summed E-state index contributed by atoms with van der Waals surface area (Å²) in [5, 5.41) is -0.250. The number of likely N-dealkylation sites (tertiary alicyclic amines) is 1. The van der Waals surface area contributed by atoms with E-state index in [-0.39, 0.29) is 5.25 Å². The van der Waals surface area contributed by atoms with E-state index in [0.29, 0.717) is 24.5 Å². The highest BCUT2D eigenvalue weighted by Crippen LogP contribution is 2.57. The fourth-order valence-electron chi connectivity index (χ4n) is 6.54. The topological polar surface area (TPSA) is 49.9 Å². The number of nitrogens with zero attached hydrogens (tertiary/aromatic N) is 2. The number of fused-ring (bicyclic) bond motifs is 1. The number of likely N-dealkylation sites (N-methyl/N-ethyl adjacent to an activating group) is 1. The van der Waals surface area contributed by atoms with Gasteiger partial charge in [-0.2, -0.15) is 0 Å². The minimum absolute atomic E-state index is 0.250. The summed E-state index contributed by atoms with van der Waals surface area (Å²) in [5.74, 6) is 1.68. The predicted octanol–water partition coefficient (Wildman–Crippen LogP) is 2.62. The minimum atomic E-state index is -2.97. The van der Waals surface area contributed by atoms with Gasteiger partial charge in [-0.25, -0.2) is 8.42 Å². The van der Waals surface area contributed by atoms with Crippen molar-refractivity contribution >= 4 is 15.5 Å². The molecule has 5 nitrogen and oxygen atoms in total. The molecule has 1 saturated carbocycles. The molecule has 5 rings (SSSR count). The van der Waals surface area contributed by atoms with Gasteiger partial charge >= 0.3 is 0 Å². The summed E-state index contributed by atoms with van der Waals surface area (Å²) in [6, 6.07) is 5.28. The van der Waals surface area contributed by atoms with Crippen LogP contribution in [0, 0.1) is 5.92 Å². The third-order valence-corrected chi connectivity index (χ3v) is 9.71. The maximum atomic E-state index is 11.8. The Morgan fingerprint density at radius 1 is 1.18 bits per heavy atom. The van der Waals surface area contributed by atoms with Crippen LogP contribution in [0.4, 0.5) is 5.69 Å². The average Bonchev–Trinajstić information content (AvgIpc) is 2.62. The molecule has 3 fully saturated rings. The zero-order valence-corrected chi connectivity index (χ0v) is 18.1. The first-order valence-corrected chi connectivity index (χ1v) is 12.6. The molecular formula is C22H32N2O3S. The Kier molecular flexibility index (Phi) is 4.26. The second kappa shape index (κ2) is 6.36. The molecule has 1 aromatic rings. The van der Waals surface area contributed by atoms with Gasteiger partial charge in [-0.05, 0) is 68.5 Å². The molecule has 2 heterocycles.